The molecule has 7 heteroatoms. The van der Waals surface area contributed by atoms with Crippen LogP contribution in [0.1, 0.15) is 39.2 Å². The number of aromatic nitrogens is 1. The Morgan fingerprint density at radius 3 is 2.47 bits per heavy atom. The van der Waals surface area contributed by atoms with Crippen LogP contribution in [0.4, 0.5) is 0 Å². The number of nitrogens with one attached hydrogen (secondary N) is 2. The van der Waals surface area contributed by atoms with Crippen LogP contribution >= 0.6 is 0 Å². The van der Waals surface area contributed by atoms with Crippen molar-refractivity contribution in [3.63, 3.8) is 0 Å². The molecule has 0 aliphatic carbocycles. The number of nitrogens with zero attached hydrogens (tertiary/aromatic N) is 3. The Balaban J connectivity index is 1.65. The van der Waals surface area contributed by atoms with Crippen LogP contribution in [-0.2, 0) is 6.54 Å². The van der Waals surface area contributed by atoms with E-state index in [1.54, 1.807) is 7.05 Å². The lowest BCUT2D eigenvalue weighted by Crippen LogP contribution is -2.42. The van der Waals surface area contributed by atoms with Crippen molar-refractivity contribution in [2.24, 2.45) is 4.99 Å². The standard InChI is InChI=1S/C25H39N5O2/c1-5-30(6-2)16-10-11-21(3)29-25(26-4)28-20-22-14-15-24(27-19-22)32-18-17-31-23-12-8-7-9-13-23/h7-9,12-15,19,21H,5-6,10-11,16-18,20H2,1-4H3,(H2,26,28,29). The molecular weight excluding hydrogens is 402 g/mol. The molecule has 1 heterocycles. The van der Waals surface area contributed by atoms with Gasteiger partial charge in [0.25, 0.3) is 0 Å². The lowest BCUT2D eigenvalue weighted by atomic mass is 10.2. The van der Waals surface area contributed by atoms with Gasteiger partial charge in [-0.15, -0.1) is 0 Å². The first-order chi connectivity index (χ1) is 15.6. The number of aliphatic imine (C=N–C) groups is 1. The Hall–Kier alpha value is -2.80. The van der Waals surface area contributed by atoms with E-state index in [4.69, 9.17) is 9.47 Å². The van der Waals surface area contributed by atoms with Gasteiger partial charge in [-0.25, -0.2) is 4.98 Å². The molecule has 0 saturated carbocycles. The largest absolute Gasteiger partial charge is 0.490 e. The molecular formula is C25H39N5O2. The van der Waals surface area contributed by atoms with Crippen LogP contribution in [-0.4, -0.2) is 61.8 Å². The number of para-hydroxylation sites is 1. The van der Waals surface area contributed by atoms with Crippen molar-refractivity contribution in [1.82, 2.24) is 20.5 Å². The number of benzene rings is 1. The highest BCUT2D eigenvalue weighted by atomic mass is 16.5. The molecule has 0 aliphatic rings. The normalized spacial score (nSPS) is 12.5. The van der Waals surface area contributed by atoms with Crippen molar-refractivity contribution in [2.45, 2.75) is 46.2 Å². The van der Waals surface area contributed by atoms with Gasteiger partial charge in [0.05, 0.1) is 0 Å². The number of hydrogen-bond acceptors (Lipinski definition) is 5. The molecule has 0 radical (unpaired) electrons. The van der Waals surface area contributed by atoms with Crippen LogP contribution in [0.25, 0.3) is 0 Å². The summed E-state index contributed by atoms with van der Waals surface area (Å²) in [5.74, 6) is 2.24. The van der Waals surface area contributed by atoms with Crippen LogP contribution in [0, 0.1) is 0 Å². The molecule has 2 aromatic rings. The van der Waals surface area contributed by atoms with Gasteiger partial charge in [-0.05, 0) is 57.1 Å². The summed E-state index contributed by atoms with van der Waals surface area (Å²) in [7, 11) is 1.80. The maximum absolute atomic E-state index is 5.66. The molecule has 1 unspecified atom stereocenters. The molecule has 0 amide bonds. The smallest absolute Gasteiger partial charge is 0.213 e. The Kier molecular flexibility index (Phi) is 12.0. The lowest BCUT2D eigenvalue weighted by molar-refractivity contribution is 0.212. The molecule has 0 fully saturated rings. The number of hydrogen-bond donors (Lipinski definition) is 2. The third-order valence-corrected chi connectivity index (χ3v) is 5.22. The van der Waals surface area contributed by atoms with E-state index < -0.39 is 0 Å². The minimum absolute atomic E-state index is 0.365. The molecule has 1 aromatic carbocycles. The maximum atomic E-state index is 5.66. The van der Waals surface area contributed by atoms with E-state index in [2.05, 4.69) is 46.3 Å². The summed E-state index contributed by atoms with van der Waals surface area (Å²) in [5, 5.41) is 6.82. The third kappa shape index (κ3) is 10.0. The predicted molar refractivity (Wildman–Crippen MR) is 131 cm³/mol. The van der Waals surface area contributed by atoms with Gasteiger partial charge in [0.15, 0.2) is 5.96 Å². The lowest BCUT2D eigenvalue weighted by Gasteiger charge is -2.21. The Bertz CT molecular complexity index is 764. The fourth-order valence-corrected chi connectivity index (χ4v) is 3.27. The summed E-state index contributed by atoms with van der Waals surface area (Å²) in [4.78, 5) is 11.2. The first-order valence-electron chi connectivity index (χ1n) is 11.6. The molecule has 32 heavy (non-hydrogen) atoms. The summed E-state index contributed by atoms with van der Waals surface area (Å²) in [5.41, 5.74) is 1.06. The first-order valence-corrected chi connectivity index (χ1v) is 11.6. The van der Waals surface area contributed by atoms with E-state index in [1.165, 1.54) is 6.42 Å². The van der Waals surface area contributed by atoms with Gasteiger partial charge in [0.2, 0.25) is 5.88 Å². The van der Waals surface area contributed by atoms with Gasteiger partial charge in [-0.1, -0.05) is 38.1 Å². The summed E-state index contributed by atoms with van der Waals surface area (Å²) in [6.07, 6.45) is 4.11. The molecule has 176 valence electrons. The van der Waals surface area contributed by atoms with E-state index in [0.29, 0.717) is 31.7 Å². The second-order valence-electron chi connectivity index (χ2n) is 7.65. The Morgan fingerprint density at radius 1 is 1.06 bits per heavy atom. The van der Waals surface area contributed by atoms with E-state index in [0.717, 1.165) is 43.3 Å². The summed E-state index contributed by atoms with van der Waals surface area (Å²) in [6.45, 7) is 11.6. The van der Waals surface area contributed by atoms with Crippen LogP contribution in [0.15, 0.2) is 53.7 Å². The Labute approximate surface area is 193 Å². The summed E-state index contributed by atoms with van der Waals surface area (Å²) >= 11 is 0. The molecule has 7 nitrogen and oxygen atoms in total. The predicted octanol–water partition coefficient (Wildman–Crippen LogP) is 3.71. The minimum Gasteiger partial charge on any atom is -0.490 e. The highest BCUT2D eigenvalue weighted by molar-refractivity contribution is 5.79. The van der Waals surface area contributed by atoms with Crippen molar-refractivity contribution >= 4 is 5.96 Å². The molecule has 0 aliphatic heterocycles. The summed E-state index contributed by atoms with van der Waals surface area (Å²) < 4.78 is 11.3. The van der Waals surface area contributed by atoms with Crippen LogP contribution in [0.5, 0.6) is 11.6 Å². The fraction of sp³-hybridized carbons (Fsp3) is 0.520. The van der Waals surface area contributed by atoms with Gasteiger partial charge in [-0.3, -0.25) is 4.99 Å². The van der Waals surface area contributed by atoms with Gasteiger partial charge >= 0.3 is 0 Å². The van der Waals surface area contributed by atoms with Crippen LogP contribution < -0.4 is 20.1 Å². The highest BCUT2D eigenvalue weighted by Gasteiger charge is 2.07. The first kappa shape index (κ1) is 25.5. The fourth-order valence-electron chi connectivity index (χ4n) is 3.27. The maximum Gasteiger partial charge on any atom is 0.213 e. The molecule has 1 atom stereocenters. The van der Waals surface area contributed by atoms with E-state index in [1.807, 2.05) is 48.7 Å². The second kappa shape index (κ2) is 15.1. The molecule has 2 rings (SSSR count). The Morgan fingerprint density at radius 2 is 1.81 bits per heavy atom. The zero-order valence-electron chi connectivity index (χ0n) is 20.0. The SMILES string of the molecule is CCN(CC)CCCC(C)NC(=NC)NCc1ccc(OCCOc2ccccc2)nc1. The average molecular weight is 442 g/mol. The van der Waals surface area contributed by atoms with E-state index in [9.17, 15) is 0 Å². The zero-order valence-corrected chi connectivity index (χ0v) is 20.0. The van der Waals surface area contributed by atoms with Gasteiger partial charge in [0.1, 0.15) is 19.0 Å². The molecule has 2 N–H and O–H groups in total. The number of ether oxygens (including phenoxy) is 2. The van der Waals surface area contributed by atoms with Crippen molar-refractivity contribution < 1.29 is 9.47 Å². The number of rotatable bonds is 14. The van der Waals surface area contributed by atoms with Gasteiger partial charge in [0, 0.05) is 31.9 Å². The highest BCUT2D eigenvalue weighted by Crippen LogP contribution is 2.10. The van der Waals surface area contributed by atoms with Crippen LogP contribution in [0.2, 0.25) is 0 Å². The van der Waals surface area contributed by atoms with E-state index in [-0.39, 0.29) is 0 Å². The average Bonchev–Trinajstić information content (AvgIpc) is 2.83. The molecule has 0 spiro atoms. The minimum atomic E-state index is 0.365. The van der Waals surface area contributed by atoms with Crippen molar-refractivity contribution in [3.8, 4) is 11.6 Å². The number of pyridine rings is 1. The summed E-state index contributed by atoms with van der Waals surface area (Å²) in [6, 6.07) is 14.0. The molecule has 1 aromatic heterocycles. The van der Waals surface area contributed by atoms with Gasteiger partial charge < -0.3 is 25.0 Å². The zero-order chi connectivity index (χ0) is 23.0. The van der Waals surface area contributed by atoms with Gasteiger partial charge in [-0.2, -0.15) is 0 Å². The second-order valence-corrected chi connectivity index (χ2v) is 7.65. The van der Waals surface area contributed by atoms with Crippen LogP contribution in [0.3, 0.4) is 0 Å². The molecule has 0 bridgehead atoms. The van der Waals surface area contributed by atoms with E-state index >= 15 is 0 Å². The third-order valence-electron chi connectivity index (χ3n) is 5.22. The van der Waals surface area contributed by atoms with Crippen molar-refractivity contribution in [2.75, 3.05) is 39.9 Å². The monoisotopic (exact) mass is 441 g/mol. The van der Waals surface area contributed by atoms with Crippen molar-refractivity contribution in [3.05, 3.63) is 54.2 Å². The quantitative estimate of drug-likeness (QED) is 0.265. The van der Waals surface area contributed by atoms with Crippen molar-refractivity contribution in [1.29, 1.82) is 0 Å². The molecule has 0 saturated heterocycles. The topological polar surface area (TPSA) is 71.0 Å². The number of guanidine groups is 1.